The van der Waals surface area contributed by atoms with Crippen molar-refractivity contribution in [1.29, 1.82) is 0 Å². The first kappa shape index (κ1) is 15.4. The van der Waals surface area contributed by atoms with Crippen molar-refractivity contribution >= 4 is 44.8 Å². The fourth-order valence-electron chi connectivity index (χ4n) is 1.96. The van der Waals surface area contributed by atoms with Gasteiger partial charge in [0.15, 0.2) is 0 Å². The minimum atomic E-state index is -3.92. The van der Waals surface area contributed by atoms with E-state index in [1.165, 1.54) is 12.1 Å². The van der Waals surface area contributed by atoms with Gasteiger partial charge in [0.25, 0.3) is 10.0 Å². The molecule has 1 aliphatic rings. The molecule has 1 aromatic rings. The maximum atomic E-state index is 12.1. The van der Waals surface area contributed by atoms with Crippen LogP contribution in [0.2, 0.25) is 15.1 Å². The first-order valence-electron chi connectivity index (χ1n) is 5.72. The average Bonchev–Trinajstić information content (AvgIpc) is 2.77. The Balaban J connectivity index is 2.19. The molecule has 0 heterocycles. The Morgan fingerprint density at radius 2 is 1.63 bits per heavy atom. The van der Waals surface area contributed by atoms with Gasteiger partial charge in [-0.3, -0.25) is 4.84 Å². The van der Waals surface area contributed by atoms with Gasteiger partial charge in [-0.05, 0) is 25.0 Å². The lowest BCUT2D eigenvalue weighted by Crippen LogP contribution is -2.29. The first-order chi connectivity index (χ1) is 8.90. The van der Waals surface area contributed by atoms with E-state index < -0.39 is 10.0 Å². The summed E-state index contributed by atoms with van der Waals surface area (Å²) in [4.78, 5) is 7.03. The predicted molar refractivity (Wildman–Crippen MR) is 75.1 cm³/mol. The molecule has 1 aromatic carbocycles. The second-order valence-electron chi connectivity index (χ2n) is 4.31. The van der Waals surface area contributed by atoms with Crippen LogP contribution in [0.25, 0.3) is 0 Å². The third-order valence-corrected chi connectivity index (χ3v) is 5.19. The molecule has 1 fully saturated rings. The Morgan fingerprint density at radius 3 is 2.16 bits per heavy atom. The van der Waals surface area contributed by atoms with Crippen LogP contribution in [-0.2, 0) is 14.9 Å². The zero-order valence-corrected chi connectivity index (χ0v) is 12.9. The molecule has 0 unspecified atom stereocenters. The van der Waals surface area contributed by atoms with Crippen molar-refractivity contribution in [3.63, 3.8) is 0 Å². The molecule has 19 heavy (non-hydrogen) atoms. The number of sulfonamides is 1. The van der Waals surface area contributed by atoms with Gasteiger partial charge in [-0.1, -0.05) is 52.5 Å². The van der Waals surface area contributed by atoms with Gasteiger partial charge >= 0.3 is 0 Å². The SMILES string of the molecule is O=S(=O)(NOC1CCCC1)c1c(Cl)cc(Cl)cc1Cl. The Hall–Kier alpha value is -0.0400. The molecule has 0 bridgehead atoms. The van der Waals surface area contributed by atoms with Gasteiger partial charge in [-0.25, -0.2) is 8.42 Å². The third kappa shape index (κ3) is 3.74. The smallest absolute Gasteiger partial charge is 0.265 e. The van der Waals surface area contributed by atoms with E-state index >= 15 is 0 Å². The predicted octanol–water partition coefficient (Wildman–Crippen LogP) is 3.80. The topological polar surface area (TPSA) is 55.4 Å². The molecule has 0 aromatic heterocycles. The van der Waals surface area contributed by atoms with Crippen molar-refractivity contribution in [2.75, 3.05) is 0 Å². The van der Waals surface area contributed by atoms with Crippen LogP contribution in [0.15, 0.2) is 17.0 Å². The molecule has 2 rings (SSSR count). The van der Waals surface area contributed by atoms with Crippen molar-refractivity contribution in [2.24, 2.45) is 0 Å². The van der Waals surface area contributed by atoms with Crippen LogP contribution in [0.4, 0.5) is 0 Å². The molecular weight excluding hydrogens is 333 g/mol. The molecule has 106 valence electrons. The summed E-state index contributed by atoms with van der Waals surface area (Å²) in [5.74, 6) is 0. The highest BCUT2D eigenvalue weighted by atomic mass is 35.5. The fraction of sp³-hybridized carbons (Fsp3) is 0.455. The van der Waals surface area contributed by atoms with Crippen LogP contribution in [-0.4, -0.2) is 14.5 Å². The van der Waals surface area contributed by atoms with Crippen molar-refractivity contribution in [2.45, 2.75) is 36.7 Å². The Morgan fingerprint density at radius 1 is 1.11 bits per heavy atom. The van der Waals surface area contributed by atoms with Crippen molar-refractivity contribution in [3.8, 4) is 0 Å². The summed E-state index contributed by atoms with van der Waals surface area (Å²) in [6.07, 6.45) is 3.65. The van der Waals surface area contributed by atoms with E-state index in [-0.39, 0.29) is 26.1 Å². The van der Waals surface area contributed by atoms with E-state index in [0.717, 1.165) is 25.7 Å². The van der Waals surface area contributed by atoms with Crippen molar-refractivity contribution in [3.05, 3.63) is 27.2 Å². The number of halogens is 3. The molecule has 4 nitrogen and oxygen atoms in total. The lowest BCUT2D eigenvalue weighted by molar-refractivity contribution is 0.0223. The van der Waals surface area contributed by atoms with Gasteiger partial charge in [0.1, 0.15) is 4.90 Å². The number of hydrogen-bond acceptors (Lipinski definition) is 3. The van der Waals surface area contributed by atoms with E-state index in [9.17, 15) is 8.42 Å². The minimum Gasteiger partial charge on any atom is -0.284 e. The highest BCUT2D eigenvalue weighted by molar-refractivity contribution is 7.89. The van der Waals surface area contributed by atoms with Crippen molar-refractivity contribution < 1.29 is 13.3 Å². The quantitative estimate of drug-likeness (QED) is 0.845. The lowest BCUT2D eigenvalue weighted by atomic mass is 10.3. The van der Waals surface area contributed by atoms with Gasteiger partial charge in [0.05, 0.1) is 16.1 Å². The Labute approximate surface area is 127 Å². The molecule has 1 aliphatic carbocycles. The van der Waals surface area contributed by atoms with E-state index in [1.807, 2.05) is 0 Å². The zero-order valence-electron chi connectivity index (χ0n) is 9.83. The summed E-state index contributed by atoms with van der Waals surface area (Å²) < 4.78 is 24.2. The summed E-state index contributed by atoms with van der Waals surface area (Å²) in [6, 6.07) is 2.64. The Bertz CT molecular complexity index is 548. The highest BCUT2D eigenvalue weighted by Crippen LogP contribution is 2.32. The molecule has 0 saturated heterocycles. The third-order valence-electron chi connectivity index (χ3n) is 2.86. The van der Waals surface area contributed by atoms with E-state index in [2.05, 4.69) is 4.89 Å². The van der Waals surface area contributed by atoms with Crippen molar-refractivity contribution in [1.82, 2.24) is 4.89 Å². The lowest BCUT2D eigenvalue weighted by Gasteiger charge is -2.13. The number of rotatable bonds is 4. The fourth-order valence-corrected chi connectivity index (χ4v) is 4.37. The summed E-state index contributed by atoms with van der Waals surface area (Å²) in [5.41, 5.74) is 0. The average molecular weight is 345 g/mol. The molecule has 1 saturated carbocycles. The number of benzene rings is 1. The second-order valence-corrected chi connectivity index (χ2v) is 7.14. The number of nitrogens with one attached hydrogen (secondary N) is 1. The summed E-state index contributed by atoms with van der Waals surface area (Å²) in [6.45, 7) is 0. The Kier molecular flexibility index (Phi) is 4.98. The van der Waals surface area contributed by atoms with E-state index in [1.54, 1.807) is 0 Å². The second kappa shape index (κ2) is 6.16. The monoisotopic (exact) mass is 343 g/mol. The molecule has 0 radical (unpaired) electrons. The largest absolute Gasteiger partial charge is 0.284 e. The van der Waals surface area contributed by atoms with Crippen LogP contribution >= 0.6 is 34.8 Å². The molecule has 0 spiro atoms. The molecule has 0 atom stereocenters. The van der Waals surface area contributed by atoms with E-state index in [0.29, 0.717) is 0 Å². The highest BCUT2D eigenvalue weighted by Gasteiger charge is 2.25. The maximum Gasteiger partial charge on any atom is 0.265 e. The van der Waals surface area contributed by atoms with Gasteiger partial charge in [0.2, 0.25) is 0 Å². The van der Waals surface area contributed by atoms with Gasteiger partial charge < -0.3 is 0 Å². The summed E-state index contributed by atoms with van der Waals surface area (Å²) >= 11 is 17.5. The maximum absolute atomic E-state index is 12.1. The van der Waals surface area contributed by atoms with Crippen LogP contribution in [0, 0.1) is 0 Å². The normalized spacial score (nSPS) is 17.0. The van der Waals surface area contributed by atoms with Gasteiger partial charge in [0, 0.05) is 5.02 Å². The number of hydrogen-bond donors (Lipinski definition) is 1. The van der Waals surface area contributed by atoms with Gasteiger partial charge in [-0.2, -0.15) is 0 Å². The van der Waals surface area contributed by atoms with Crippen LogP contribution in [0.1, 0.15) is 25.7 Å². The standard InChI is InChI=1S/C11H12Cl3NO3S/c12-7-5-9(13)11(10(14)6-7)19(16,17)15-18-8-3-1-2-4-8/h5-6,8,15H,1-4H2. The minimum absolute atomic E-state index is 0.0416. The molecule has 8 heteroatoms. The van der Waals surface area contributed by atoms with Gasteiger partial charge in [-0.15, -0.1) is 0 Å². The molecule has 0 aliphatic heterocycles. The first-order valence-corrected chi connectivity index (χ1v) is 8.34. The van der Waals surface area contributed by atoms with Crippen LogP contribution < -0.4 is 4.89 Å². The van der Waals surface area contributed by atoms with Crippen LogP contribution in [0.3, 0.4) is 0 Å². The molecular formula is C11H12Cl3NO3S. The molecule has 1 N–H and O–H groups in total. The zero-order chi connectivity index (χ0) is 14.0. The molecule has 0 amide bonds. The van der Waals surface area contributed by atoms with Crippen LogP contribution in [0.5, 0.6) is 0 Å². The summed E-state index contributed by atoms with van der Waals surface area (Å²) in [7, 11) is -3.92. The van der Waals surface area contributed by atoms with E-state index in [4.69, 9.17) is 39.6 Å². The summed E-state index contributed by atoms with van der Waals surface area (Å²) in [5, 5.41) is 0.186.